The van der Waals surface area contributed by atoms with Crippen molar-refractivity contribution in [2.45, 2.75) is 39.5 Å². The van der Waals surface area contributed by atoms with Gasteiger partial charge in [-0.3, -0.25) is 4.72 Å². The quantitative estimate of drug-likeness (QED) is 0.645. The zero-order valence-electron chi connectivity index (χ0n) is 8.21. The summed E-state index contributed by atoms with van der Waals surface area (Å²) in [6.45, 7) is 5.77. The fourth-order valence-electron chi connectivity index (χ4n) is 2.59. The Bertz CT molecular complexity index is 127. The van der Waals surface area contributed by atoms with Crippen LogP contribution in [0, 0.1) is 17.8 Å². The standard InChI is InChI=1S/C10H21NS/c1-3-9(7-11-12)10-6-4-5-8(10)2/h8-12H,3-7H2,1-2H3. The molecule has 0 aliphatic heterocycles. The van der Waals surface area contributed by atoms with E-state index >= 15 is 0 Å². The van der Waals surface area contributed by atoms with E-state index < -0.39 is 0 Å². The lowest BCUT2D eigenvalue weighted by atomic mass is 9.83. The predicted molar refractivity (Wildman–Crippen MR) is 57.3 cm³/mol. The number of thiol groups is 1. The van der Waals surface area contributed by atoms with Gasteiger partial charge in [-0.2, -0.15) is 0 Å². The zero-order valence-corrected chi connectivity index (χ0v) is 9.11. The van der Waals surface area contributed by atoms with Gasteiger partial charge >= 0.3 is 0 Å². The highest BCUT2D eigenvalue weighted by Gasteiger charge is 2.29. The van der Waals surface area contributed by atoms with Crippen LogP contribution in [0.5, 0.6) is 0 Å². The first-order valence-corrected chi connectivity index (χ1v) is 5.61. The molecule has 0 aromatic heterocycles. The zero-order chi connectivity index (χ0) is 8.97. The van der Waals surface area contributed by atoms with E-state index in [0.29, 0.717) is 0 Å². The van der Waals surface area contributed by atoms with E-state index in [9.17, 15) is 0 Å². The van der Waals surface area contributed by atoms with Gasteiger partial charge < -0.3 is 0 Å². The average Bonchev–Trinajstić information content (AvgIpc) is 2.47. The van der Waals surface area contributed by atoms with Gasteiger partial charge in [0.05, 0.1) is 0 Å². The molecule has 0 radical (unpaired) electrons. The Labute approximate surface area is 81.9 Å². The third-order valence-electron chi connectivity index (χ3n) is 3.41. The predicted octanol–water partition coefficient (Wildman–Crippen LogP) is 2.88. The van der Waals surface area contributed by atoms with Crippen molar-refractivity contribution in [1.29, 1.82) is 0 Å². The Morgan fingerprint density at radius 3 is 2.67 bits per heavy atom. The van der Waals surface area contributed by atoms with E-state index in [-0.39, 0.29) is 0 Å². The van der Waals surface area contributed by atoms with Gasteiger partial charge in [-0.1, -0.05) is 45.9 Å². The van der Waals surface area contributed by atoms with Gasteiger partial charge in [0, 0.05) is 6.54 Å². The summed E-state index contributed by atoms with van der Waals surface area (Å²) in [6.07, 6.45) is 5.61. The van der Waals surface area contributed by atoms with Crippen molar-refractivity contribution in [3.63, 3.8) is 0 Å². The maximum atomic E-state index is 4.09. The minimum atomic E-state index is 0.847. The highest BCUT2D eigenvalue weighted by atomic mass is 32.1. The Balaban J connectivity index is 2.41. The molecule has 0 aromatic rings. The van der Waals surface area contributed by atoms with Crippen LogP contribution in [0.4, 0.5) is 0 Å². The van der Waals surface area contributed by atoms with E-state index in [2.05, 4.69) is 31.4 Å². The number of hydrogen-bond acceptors (Lipinski definition) is 2. The number of rotatable bonds is 4. The van der Waals surface area contributed by atoms with Crippen molar-refractivity contribution in [3.8, 4) is 0 Å². The summed E-state index contributed by atoms with van der Waals surface area (Å²) in [5.74, 6) is 2.74. The summed E-state index contributed by atoms with van der Waals surface area (Å²) in [4.78, 5) is 0. The SMILES string of the molecule is CCC(CNS)C1CCCC1C. The van der Waals surface area contributed by atoms with Gasteiger partial charge in [0.25, 0.3) is 0 Å². The van der Waals surface area contributed by atoms with Crippen LogP contribution in [0.15, 0.2) is 0 Å². The molecule has 0 saturated heterocycles. The largest absolute Gasteiger partial charge is 0.267 e. The lowest BCUT2D eigenvalue weighted by molar-refractivity contribution is 0.269. The van der Waals surface area contributed by atoms with Crippen LogP contribution in [0.3, 0.4) is 0 Å². The molecule has 0 bridgehead atoms. The molecule has 0 aromatic carbocycles. The van der Waals surface area contributed by atoms with Crippen molar-refractivity contribution < 1.29 is 0 Å². The lowest BCUT2D eigenvalue weighted by Crippen LogP contribution is -2.24. The maximum Gasteiger partial charge on any atom is 0.00871 e. The molecule has 3 unspecified atom stereocenters. The Morgan fingerprint density at radius 2 is 2.25 bits per heavy atom. The van der Waals surface area contributed by atoms with Gasteiger partial charge in [-0.15, -0.1) is 0 Å². The molecule has 1 fully saturated rings. The van der Waals surface area contributed by atoms with E-state index in [1.807, 2.05) is 0 Å². The topological polar surface area (TPSA) is 12.0 Å². The first-order valence-electron chi connectivity index (χ1n) is 5.16. The summed E-state index contributed by atoms with van der Waals surface area (Å²) in [7, 11) is 0. The first-order chi connectivity index (χ1) is 5.79. The molecule has 3 atom stereocenters. The van der Waals surface area contributed by atoms with Crippen molar-refractivity contribution in [2.75, 3.05) is 6.54 Å². The van der Waals surface area contributed by atoms with E-state index in [1.165, 1.54) is 25.7 Å². The molecular weight excluding hydrogens is 166 g/mol. The molecule has 1 aliphatic rings. The lowest BCUT2D eigenvalue weighted by Gasteiger charge is -2.25. The highest BCUT2D eigenvalue weighted by Crippen LogP contribution is 2.37. The van der Waals surface area contributed by atoms with E-state index in [1.54, 1.807) is 0 Å². The monoisotopic (exact) mass is 187 g/mol. The highest BCUT2D eigenvalue weighted by molar-refractivity contribution is 7.78. The van der Waals surface area contributed by atoms with Gasteiger partial charge in [-0.05, 0) is 24.2 Å². The molecule has 2 heteroatoms. The van der Waals surface area contributed by atoms with Gasteiger partial charge in [0.15, 0.2) is 0 Å². The summed E-state index contributed by atoms with van der Waals surface area (Å²) in [5, 5.41) is 0. The maximum absolute atomic E-state index is 4.09. The van der Waals surface area contributed by atoms with Crippen molar-refractivity contribution in [1.82, 2.24) is 4.72 Å². The Hall–Kier alpha value is 0.310. The molecule has 12 heavy (non-hydrogen) atoms. The average molecular weight is 187 g/mol. The van der Waals surface area contributed by atoms with Crippen LogP contribution in [0.1, 0.15) is 39.5 Å². The summed E-state index contributed by atoms with van der Waals surface area (Å²) in [6, 6.07) is 0. The Morgan fingerprint density at radius 1 is 1.50 bits per heavy atom. The van der Waals surface area contributed by atoms with Crippen LogP contribution < -0.4 is 4.72 Å². The smallest absolute Gasteiger partial charge is 0.00871 e. The van der Waals surface area contributed by atoms with Gasteiger partial charge in [0.2, 0.25) is 0 Å². The van der Waals surface area contributed by atoms with E-state index in [4.69, 9.17) is 0 Å². The van der Waals surface area contributed by atoms with E-state index in [0.717, 1.165) is 24.3 Å². The molecule has 0 spiro atoms. The third-order valence-corrected chi connectivity index (χ3v) is 3.59. The summed E-state index contributed by atoms with van der Waals surface area (Å²) >= 11 is 4.09. The Kier molecular flexibility index (Phi) is 4.44. The fraction of sp³-hybridized carbons (Fsp3) is 1.00. The van der Waals surface area contributed by atoms with Crippen molar-refractivity contribution >= 4 is 12.8 Å². The van der Waals surface area contributed by atoms with Crippen LogP contribution in [-0.2, 0) is 0 Å². The van der Waals surface area contributed by atoms with Crippen molar-refractivity contribution in [2.24, 2.45) is 17.8 Å². The minimum absolute atomic E-state index is 0.847. The number of hydrogen-bond donors (Lipinski definition) is 2. The van der Waals surface area contributed by atoms with Crippen LogP contribution in [-0.4, -0.2) is 6.54 Å². The normalized spacial score (nSPS) is 32.2. The molecule has 1 aliphatic carbocycles. The third kappa shape index (κ3) is 2.40. The molecule has 72 valence electrons. The molecule has 0 heterocycles. The van der Waals surface area contributed by atoms with Crippen LogP contribution in [0.2, 0.25) is 0 Å². The van der Waals surface area contributed by atoms with Gasteiger partial charge in [0.1, 0.15) is 0 Å². The summed E-state index contributed by atoms with van der Waals surface area (Å²) < 4.78 is 3.01. The second-order valence-electron chi connectivity index (χ2n) is 4.10. The second-order valence-corrected chi connectivity index (χ2v) is 4.42. The molecule has 1 N–H and O–H groups in total. The summed E-state index contributed by atoms with van der Waals surface area (Å²) in [5.41, 5.74) is 0. The van der Waals surface area contributed by atoms with Crippen LogP contribution >= 0.6 is 12.8 Å². The van der Waals surface area contributed by atoms with Gasteiger partial charge in [-0.25, -0.2) is 0 Å². The minimum Gasteiger partial charge on any atom is -0.267 e. The molecular formula is C10H21NS. The fourth-order valence-corrected chi connectivity index (χ4v) is 2.82. The van der Waals surface area contributed by atoms with Crippen LogP contribution in [0.25, 0.3) is 0 Å². The number of nitrogens with one attached hydrogen (secondary N) is 1. The molecule has 1 nitrogen and oxygen atoms in total. The molecule has 0 amide bonds. The second kappa shape index (κ2) is 5.13. The molecule has 1 rings (SSSR count). The molecule has 1 saturated carbocycles. The van der Waals surface area contributed by atoms with Crippen molar-refractivity contribution in [3.05, 3.63) is 0 Å². The first kappa shape index (κ1) is 10.4.